The number of carbonyl (C=O) groups excluding carboxylic acids is 2. The molecule has 12 heteroatoms. The minimum Gasteiger partial charge on any atom is -0.506 e. The normalized spacial score (nSPS) is 15.1. The first-order valence-corrected chi connectivity index (χ1v) is 12.2. The summed E-state index contributed by atoms with van der Waals surface area (Å²) < 4.78 is 45.5. The maximum absolute atomic E-state index is 13.5. The first-order valence-electron chi connectivity index (χ1n) is 11.4. The van der Waals surface area contributed by atoms with Gasteiger partial charge in [0.1, 0.15) is 23.5 Å². The van der Waals surface area contributed by atoms with Crippen LogP contribution in [0.1, 0.15) is 53.1 Å². The number of nitrogens with zero attached hydrogens (tertiary/aromatic N) is 2. The predicted octanol–water partition coefficient (Wildman–Crippen LogP) is 4.52. The summed E-state index contributed by atoms with van der Waals surface area (Å²) >= 11 is 1.23. The molecule has 0 spiro atoms. The smallest absolute Gasteiger partial charge is 0.416 e. The van der Waals surface area contributed by atoms with Gasteiger partial charge in [-0.2, -0.15) is 18.4 Å². The van der Waals surface area contributed by atoms with Gasteiger partial charge in [0.2, 0.25) is 0 Å². The van der Waals surface area contributed by atoms with Gasteiger partial charge < -0.3 is 19.7 Å². The number of carbonyl (C=O) groups is 2. The van der Waals surface area contributed by atoms with Gasteiger partial charge in [-0.15, -0.1) is 11.8 Å². The Morgan fingerprint density at radius 1 is 1.21 bits per heavy atom. The summed E-state index contributed by atoms with van der Waals surface area (Å²) in [6.45, 7) is 4.37. The van der Waals surface area contributed by atoms with Gasteiger partial charge in [-0.3, -0.25) is 14.4 Å². The largest absolute Gasteiger partial charge is 0.506 e. The second kappa shape index (κ2) is 9.72. The zero-order valence-corrected chi connectivity index (χ0v) is 21.3. The van der Waals surface area contributed by atoms with E-state index in [0.29, 0.717) is 16.0 Å². The van der Waals surface area contributed by atoms with Gasteiger partial charge in [-0.1, -0.05) is 12.1 Å². The molecule has 1 aromatic heterocycles. The standard InChI is InChI=1S/C26H22F3N3O5S/c1-25(2,3)37-19(33)11-31-23(35)20-22(34)16-8-13(10-30)9-17-21(16)32(24(20)36)12-18(38-17)14-4-6-15(7-5-14)26(27,28)29/h4-9,18,34H,11-12H2,1-3H3,(H,31,35). The predicted molar refractivity (Wildman–Crippen MR) is 133 cm³/mol. The fraction of sp³-hybridized carbons (Fsp3) is 0.308. The Morgan fingerprint density at radius 2 is 1.87 bits per heavy atom. The van der Waals surface area contributed by atoms with E-state index in [2.05, 4.69) is 5.32 Å². The van der Waals surface area contributed by atoms with E-state index in [1.165, 1.54) is 40.6 Å². The molecule has 0 saturated heterocycles. The van der Waals surface area contributed by atoms with Crippen molar-refractivity contribution in [1.82, 2.24) is 9.88 Å². The zero-order valence-electron chi connectivity index (χ0n) is 20.5. The summed E-state index contributed by atoms with van der Waals surface area (Å²) in [5.41, 5.74) is -2.15. The van der Waals surface area contributed by atoms with Crippen molar-refractivity contribution < 1.29 is 32.6 Å². The molecule has 0 aliphatic carbocycles. The molecular formula is C26H22F3N3O5S. The SMILES string of the molecule is CC(C)(C)OC(=O)CNC(=O)c1c(O)c2cc(C#N)cc3c2n(c1=O)CC(c1ccc(C(F)(F)F)cc1)S3. The quantitative estimate of drug-likeness (QED) is 0.463. The summed E-state index contributed by atoms with van der Waals surface area (Å²) in [5.74, 6) is -2.41. The van der Waals surface area contributed by atoms with E-state index in [-0.39, 0.29) is 17.5 Å². The van der Waals surface area contributed by atoms with E-state index in [0.717, 1.165) is 12.1 Å². The zero-order chi connectivity index (χ0) is 28.0. The van der Waals surface area contributed by atoms with Crippen LogP contribution >= 0.6 is 11.8 Å². The number of hydrogen-bond acceptors (Lipinski definition) is 7. The fourth-order valence-electron chi connectivity index (χ4n) is 4.11. The van der Waals surface area contributed by atoms with Crippen LogP contribution < -0.4 is 10.9 Å². The van der Waals surface area contributed by atoms with Crippen molar-refractivity contribution >= 4 is 34.5 Å². The number of nitriles is 1. The van der Waals surface area contributed by atoms with E-state index in [4.69, 9.17) is 4.74 Å². The average molecular weight is 546 g/mol. The minimum absolute atomic E-state index is 0.0170. The molecule has 2 aromatic carbocycles. The number of pyridine rings is 1. The van der Waals surface area contributed by atoms with Crippen molar-refractivity contribution in [3.8, 4) is 11.8 Å². The van der Waals surface area contributed by atoms with Gasteiger partial charge in [0.05, 0.1) is 28.0 Å². The van der Waals surface area contributed by atoms with E-state index >= 15 is 0 Å². The molecule has 0 radical (unpaired) electrons. The number of aromatic hydroxyl groups is 1. The van der Waals surface area contributed by atoms with Crippen LogP contribution in [-0.4, -0.2) is 33.7 Å². The first kappa shape index (κ1) is 27.1. The van der Waals surface area contributed by atoms with Gasteiger partial charge in [-0.25, -0.2) is 0 Å². The van der Waals surface area contributed by atoms with Crippen LogP contribution in [0.15, 0.2) is 46.1 Å². The van der Waals surface area contributed by atoms with Crippen molar-refractivity contribution in [2.45, 2.75) is 49.2 Å². The van der Waals surface area contributed by atoms with Crippen molar-refractivity contribution in [2.75, 3.05) is 6.54 Å². The molecule has 1 aliphatic heterocycles. The number of alkyl halides is 3. The van der Waals surface area contributed by atoms with Crippen LogP contribution in [0.4, 0.5) is 13.2 Å². The second-order valence-electron chi connectivity index (χ2n) is 9.62. The van der Waals surface area contributed by atoms with Gasteiger partial charge in [0, 0.05) is 16.8 Å². The molecule has 0 bridgehead atoms. The monoisotopic (exact) mass is 545 g/mol. The molecule has 198 valence electrons. The molecule has 1 amide bonds. The number of hydrogen-bond donors (Lipinski definition) is 2. The highest BCUT2D eigenvalue weighted by Gasteiger charge is 2.33. The summed E-state index contributed by atoms with van der Waals surface area (Å²) in [5, 5.41) is 22.3. The van der Waals surface area contributed by atoms with Crippen molar-refractivity contribution in [1.29, 1.82) is 5.26 Å². The molecule has 1 atom stereocenters. The lowest BCUT2D eigenvalue weighted by atomic mass is 10.0. The number of halogens is 3. The Kier molecular flexibility index (Phi) is 6.92. The minimum atomic E-state index is -4.51. The van der Waals surface area contributed by atoms with Crippen molar-refractivity contribution in [2.24, 2.45) is 0 Å². The number of esters is 1. The lowest BCUT2D eigenvalue weighted by Crippen LogP contribution is -2.38. The summed E-state index contributed by atoms with van der Waals surface area (Å²) in [7, 11) is 0. The molecule has 2 N–H and O–H groups in total. The molecule has 0 saturated carbocycles. The molecule has 0 fully saturated rings. The highest BCUT2D eigenvalue weighted by molar-refractivity contribution is 7.99. The van der Waals surface area contributed by atoms with E-state index in [1.54, 1.807) is 20.8 Å². The maximum atomic E-state index is 13.5. The lowest BCUT2D eigenvalue weighted by Gasteiger charge is -2.28. The number of benzene rings is 2. The fourth-order valence-corrected chi connectivity index (χ4v) is 5.46. The highest BCUT2D eigenvalue weighted by atomic mass is 32.2. The molecule has 2 heterocycles. The number of nitrogens with one attached hydrogen (secondary N) is 1. The Hall–Kier alpha value is -3.98. The van der Waals surface area contributed by atoms with Gasteiger partial charge in [0.15, 0.2) is 0 Å². The Morgan fingerprint density at radius 3 is 2.45 bits per heavy atom. The summed E-state index contributed by atoms with van der Waals surface area (Å²) in [6, 6.07) is 9.35. The number of aromatic nitrogens is 1. The number of amides is 1. The average Bonchev–Trinajstić information content (AvgIpc) is 2.83. The van der Waals surface area contributed by atoms with Crippen molar-refractivity contribution in [3.05, 3.63) is 69.0 Å². The van der Waals surface area contributed by atoms with Crippen LogP contribution in [-0.2, 0) is 22.3 Å². The van der Waals surface area contributed by atoms with Crippen LogP contribution in [0.2, 0.25) is 0 Å². The van der Waals surface area contributed by atoms with Gasteiger partial charge in [0.25, 0.3) is 11.5 Å². The Bertz CT molecular complexity index is 1550. The van der Waals surface area contributed by atoms with E-state index in [1.807, 2.05) is 6.07 Å². The molecule has 3 aromatic rings. The Labute approximate surface area is 219 Å². The number of ether oxygens (including phenoxy) is 1. The van der Waals surface area contributed by atoms with E-state index < -0.39 is 57.9 Å². The van der Waals surface area contributed by atoms with Crippen LogP contribution in [0.5, 0.6) is 5.75 Å². The molecule has 1 unspecified atom stereocenters. The molecule has 38 heavy (non-hydrogen) atoms. The maximum Gasteiger partial charge on any atom is 0.416 e. The van der Waals surface area contributed by atoms with Crippen LogP contribution in [0.25, 0.3) is 10.9 Å². The third kappa shape index (κ3) is 5.33. The van der Waals surface area contributed by atoms with Crippen molar-refractivity contribution in [3.63, 3.8) is 0 Å². The van der Waals surface area contributed by atoms with Gasteiger partial charge in [-0.05, 0) is 50.6 Å². The second-order valence-corrected chi connectivity index (χ2v) is 10.9. The molecule has 1 aliphatic rings. The topological polar surface area (TPSA) is 121 Å². The van der Waals surface area contributed by atoms with Gasteiger partial charge >= 0.3 is 12.1 Å². The third-order valence-electron chi connectivity index (χ3n) is 5.69. The molecule has 4 rings (SSSR count). The van der Waals surface area contributed by atoms with Crippen LogP contribution in [0.3, 0.4) is 0 Å². The third-order valence-corrected chi connectivity index (χ3v) is 6.96. The highest BCUT2D eigenvalue weighted by Crippen LogP contribution is 2.46. The number of rotatable bonds is 4. The molecular weight excluding hydrogens is 523 g/mol. The number of thioether (sulfide) groups is 1. The van der Waals surface area contributed by atoms with Crippen LogP contribution in [0, 0.1) is 11.3 Å². The summed E-state index contributed by atoms with van der Waals surface area (Å²) in [4.78, 5) is 38.9. The van der Waals surface area contributed by atoms with E-state index in [9.17, 15) is 37.9 Å². The lowest BCUT2D eigenvalue weighted by molar-refractivity contribution is -0.153. The Balaban J connectivity index is 1.76. The first-order chi connectivity index (χ1) is 17.7. The summed E-state index contributed by atoms with van der Waals surface area (Å²) in [6.07, 6.45) is -4.51. The molecule has 8 nitrogen and oxygen atoms in total.